The number of carboxylic acids is 1. The average Bonchev–Trinajstić information content (AvgIpc) is 2.08. The molecule has 0 unspecified atom stereocenters. The first-order valence-corrected chi connectivity index (χ1v) is 4.16. The van der Waals surface area contributed by atoms with Gasteiger partial charge in [0.2, 0.25) is 0 Å². The van der Waals surface area contributed by atoms with Gasteiger partial charge in [-0.05, 0) is 19.1 Å². The highest BCUT2D eigenvalue weighted by molar-refractivity contribution is 6.33. The first kappa shape index (κ1) is 9.80. The Morgan fingerprint density at radius 1 is 1.69 bits per heavy atom. The first-order valence-electron chi connectivity index (χ1n) is 3.79. The number of carbonyl (C=O) groups is 1. The van der Waals surface area contributed by atoms with Gasteiger partial charge >= 0.3 is 5.97 Å². The predicted octanol–water partition coefficient (Wildman–Crippen LogP) is 1.86. The lowest BCUT2D eigenvalue weighted by Crippen LogP contribution is -2.05. The molecule has 2 N–H and O–H groups in total. The van der Waals surface area contributed by atoms with E-state index in [0.29, 0.717) is 12.4 Å². The normalized spacial score (nSPS) is 9.69. The second kappa shape index (κ2) is 4.09. The Hall–Kier alpha value is -1.29. The maximum absolute atomic E-state index is 10.6. The highest BCUT2D eigenvalue weighted by Crippen LogP contribution is 2.16. The Labute approximate surface area is 80.6 Å². The number of hydrogen-bond acceptors (Lipinski definition) is 3. The van der Waals surface area contributed by atoms with Crippen LogP contribution in [0.5, 0.6) is 0 Å². The Morgan fingerprint density at radius 3 is 2.92 bits per heavy atom. The molecule has 70 valence electrons. The molecule has 0 radical (unpaired) electrons. The van der Waals surface area contributed by atoms with E-state index < -0.39 is 5.97 Å². The van der Waals surface area contributed by atoms with E-state index in [1.54, 1.807) is 6.07 Å². The van der Waals surface area contributed by atoms with Crippen molar-refractivity contribution in [3.63, 3.8) is 0 Å². The van der Waals surface area contributed by atoms with E-state index in [1.807, 2.05) is 6.92 Å². The van der Waals surface area contributed by atoms with Crippen LogP contribution in [0.3, 0.4) is 0 Å². The third kappa shape index (κ3) is 2.32. The zero-order valence-electron chi connectivity index (χ0n) is 7.04. The van der Waals surface area contributed by atoms with Crippen LogP contribution in [-0.4, -0.2) is 22.6 Å². The molecule has 13 heavy (non-hydrogen) atoms. The average molecular weight is 201 g/mol. The molecule has 0 bridgehead atoms. The number of hydrogen-bond donors (Lipinski definition) is 2. The molecule has 1 aromatic heterocycles. The van der Waals surface area contributed by atoms with E-state index in [4.69, 9.17) is 16.7 Å². The van der Waals surface area contributed by atoms with Crippen LogP contribution < -0.4 is 5.32 Å². The van der Waals surface area contributed by atoms with Crippen molar-refractivity contribution in [2.24, 2.45) is 0 Å². The lowest BCUT2D eigenvalue weighted by atomic mass is 10.3. The largest absolute Gasteiger partial charge is 0.476 e. The lowest BCUT2D eigenvalue weighted by Gasteiger charge is -2.03. The van der Waals surface area contributed by atoms with Crippen LogP contribution in [0.4, 0.5) is 5.82 Å². The number of aromatic carboxylic acids is 1. The Balaban J connectivity index is 3.04. The molecule has 0 spiro atoms. The van der Waals surface area contributed by atoms with Crippen molar-refractivity contribution in [1.29, 1.82) is 0 Å². The molecule has 0 amide bonds. The van der Waals surface area contributed by atoms with Crippen molar-refractivity contribution in [3.8, 4) is 0 Å². The molecule has 5 heteroatoms. The quantitative estimate of drug-likeness (QED) is 0.782. The van der Waals surface area contributed by atoms with Crippen molar-refractivity contribution < 1.29 is 9.90 Å². The van der Waals surface area contributed by atoms with Gasteiger partial charge in [0.15, 0.2) is 5.69 Å². The van der Waals surface area contributed by atoms with E-state index in [2.05, 4.69) is 10.3 Å². The number of halogens is 1. The first-order chi connectivity index (χ1) is 6.15. The number of pyridine rings is 1. The minimum absolute atomic E-state index is 0.125. The Kier molecular flexibility index (Phi) is 3.08. The second-order valence-corrected chi connectivity index (χ2v) is 2.77. The summed E-state index contributed by atoms with van der Waals surface area (Å²) in [6.45, 7) is 2.59. The third-order valence-corrected chi connectivity index (χ3v) is 1.71. The van der Waals surface area contributed by atoms with Crippen LogP contribution in [0.2, 0.25) is 5.02 Å². The van der Waals surface area contributed by atoms with Crippen molar-refractivity contribution in [1.82, 2.24) is 4.98 Å². The van der Waals surface area contributed by atoms with E-state index >= 15 is 0 Å². The van der Waals surface area contributed by atoms with Gasteiger partial charge in [-0.1, -0.05) is 11.6 Å². The van der Waals surface area contributed by atoms with Crippen LogP contribution in [0, 0.1) is 0 Å². The standard InChI is InChI=1S/C8H9ClN2O2/c1-2-10-6-4-3-5(9)7(11-6)8(12)13/h3-4H,2H2,1H3,(H,10,11)(H,12,13). The summed E-state index contributed by atoms with van der Waals surface area (Å²) in [4.78, 5) is 14.4. The molecule has 0 fully saturated rings. The molecule has 0 atom stereocenters. The fraction of sp³-hybridized carbons (Fsp3) is 0.250. The number of carboxylic acid groups (broad SMARTS) is 1. The predicted molar refractivity (Wildman–Crippen MR) is 50.4 cm³/mol. The summed E-state index contributed by atoms with van der Waals surface area (Å²) in [7, 11) is 0. The number of nitrogens with zero attached hydrogens (tertiary/aromatic N) is 1. The molecular formula is C8H9ClN2O2. The molecule has 1 heterocycles. The molecule has 0 aliphatic rings. The van der Waals surface area contributed by atoms with Gasteiger partial charge in [0.05, 0.1) is 5.02 Å². The van der Waals surface area contributed by atoms with Gasteiger partial charge in [-0.2, -0.15) is 0 Å². The Morgan fingerprint density at radius 2 is 2.38 bits per heavy atom. The summed E-state index contributed by atoms with van der Waals surface area (Å²) in [5.41, 5.74) is -0.125. The van der Waals surface area contributed by atoms with E-state index in [0.717, 1.165) is 0 Å². The molecule has 0 aliphatic heterocycles. The van der Waals surface area contributed by atoms with Crippen LogP contribution in [0.25, 0.3) is 0 Å². The van der Waals surface area contributed by atoms with Crippen molar-refractivity contribution in [2.45, 2.75) is 6.92 Å². The van der Waals surface area contributed by atoms with Gasteiger partial charge in [0, 0.05) is 6.54 Å². The van der Waals surface area contributed by atoms with E-state index in [1.165, 1.54) is 6.07 Å². The minimum Gasteiger partial charge on any atom is -0.476 e. The van der Waals surface area contributed by atoms with Crippen LogP contribution in [-0.2, 0) is 0 Å². The Bertz CT molecular complexity index is 328. The summed E-state index contributed by atoms with van der Waals surface area (Å²) in [5, 5.41) is 11.7. The van der Waals surface area contributed by atoms with Gasteiger partial charge in [0.1, 0.15) is 5.82 Å². The summed E-state index contributed by atoms with van der Waals surface area (Å²) in [6, 6.07) is 3.15. The molecule has 1 aromatic rings. The highest BCUT2D eigenvalue weighted by atomic mass is 35.5. The summed E-state index contributed by atoms with van der Waals surface area (Å²) in [5.74, 6) is -0.603. The van der Waals surface area contributed by atoms with Crippen molar-refractivity contribution >= 4 is 23.4 Å². The molecular weight excluding hydrogens is 192 g/mol. The van der Waals surface area contributed by atoms with E-state index in [-0.39, 0.29) is 10.7 Å². The van der Waals surface area contributed by atoms with Gasteiger partial charge in [0.25, 0.3) is 0 Å². The van der Waals surface area contributed by atoms with E-state index in [9.17, 15) is 4.79 Å². The topological polar surface area (TPSA) is 62.2 Å². The molecule has 4 nitrogen and oxygen atoms in total. The number of anilines is 1. The zero-order chi connectivity index (χ0) is 9.84. The van der Waals surface area contributed by atoms with Crippen molar-refractivity contribution in [2.75, 3.05) is 11.9 Å². The molecule has 0 saturated heterocycles. The van der Waals surface area contributed by atoms with Gasteiger partial charge < -0.3 is 10.4 Å². The van der Waals surface area contributed by atoms with Gasteiger partial charge in [-0.3, -0.25) is 0 Å². The SMILES string of the molecule is CCNc1ccc(Cl)c(C(=O)O)n1. The second-order valence-electron chi connectivity index (χ2n) is 2.36. The third-order valence-electron chi connectivity index (χ3n) is 1.41. The monoisotopic (exact) mass is 200 g/mol. The summed E-state index contributed by atoms with van der Waals surface area (Å²) < 4.78 is 0. The van der Waals surface area contributed by atoms with Crippen LogP contribution >= 0.6 is 11.6 Å². The molecule has 1 rings (SSSR count). The number of rotatable bonds is 3. The van der Waals surface area contributed by atoms with Gasteiger partial charge in [-0.25, -0.2) is 9.78 Å². The highest BCUT2D eigenvalue weighted by Gasteiger charge is 2.10. The van der Waals surface area contributed by atoms with Crippen LogP contribution in [0.1, 0.15) is 17.4 Å². The molecule has 0 aliphatic carbocycles. The number of nitrogens with one attached hydrogen (secondary N) is 1. The lowest BCUT2D eigenvalue weighted by molar-refractivity contribution is 0.0691. The smallest absolute Gasteiger partial charge is 0.356 e. The molecule has 0 aromatic carbocycles. The van der Waals surface area contributed by atoms with Crippen LogP contribution in [0.15, 0.2) is 12.1 Å². The zero-order valence-corrected chi connectivity index (χ0v) is 7.80. The molecule has 0 saturated carbocycles. The summed E-state index contributed by atoms with van der Waals surface area (Å²) in [6.07, 6.45) is 0. The maximum Gasteiger partial charge on any atom is 0.356 e. The number of aromatic nitrogens is 1. The van der Waals surface area contributed by atoms with Gasteiger partial charge in [-0.15, -0.1) is 0 Å². The maximum atomic E-state index is 10.6. The fourth-order valence-electron chi connectivity index (χ4n) is 0.872. The summed E-state index contributed by atoms with van der Waals surface area (Å²) >= 11 is 5.62. The minimum atomic E-state index is -1.12. The fourth-order valence-corrected chi connectivity index (χ4v) is 1.06. The van der Waals surface area contributed by atoms with Crippen molar-refractivity contribution in [3.05, 3.63) is 22.8 Å².